The Kier molecular flexibility index (Phi) is 2.37. The normalized spacial score (nSPS) is 9.87. The van der Waals surface area contributed by atoms with Gasteiger partial charge in [0.15, 0.2) is 0 Å². The van der Waals surface area contributed by atoms with Gasteiger partial charge in [-0.2, -0.15) is 0 Å². The van der Waals surface area contributed by atoms with E-state index in [0.29, 0.717) is 23.0 Å². The van der Waals surface area contributed by atoms with E-state index >= 15 is 0 Å². The van der Waals surface area contributed by atoms with E-state index in [2.05, 4.69) is 15.3 Å². The molecule has 5 heteroatoms. The van der Waals surface area contributed by atoms with Crippen LogP contribution in [-0.4, -0.2) is 9.97 Å². The zero-order valence-electron chi connectivity index (χ0n) is 8.01. The van der Waals surface area contributed by atoms with Gasteiger partial charge in [0, 0.05) is 18.0 Å². The molecule has 76 valence electrons. The summed E-state index contributed by atoms with van der Waals surface area (Å²) in [7, 11) is 0. The summed E-state index contributed by atoms with van der Waals surface area (Å²) < 4.78 is 0. The summed E-state index contributed by atoms with van der Waals surface area (Å²) in [4.78, 5) is 8.18. The zero-order valence-corrected chi connectivity index (χ0v) is 8.01. The van der Waals surface area contributed by atoms with Crippen LogP contribution in [0.25, 0.3) is 0 Å². The molecule has 0 fully saturated rings. The summed E-state index contributed by atoms with van der Waals surface area (Å²) in [6.45, 7) is 0. The largest absolute Gasteiger partial charge is 0.399 e. The lowest BCUT2D eigenvalue weighted by atomic mass is 10.4. The Bertz CT molecular complexity index is 452. The molecule has 0 saturated heterocycles. The van der Waals surface area contributed by atoms with Crippen molar-refractivity contribution in [2.24, 2.45) is 0 Å². The number of nitrogens with zero attached hydrogens (tertiary/aromatic N) is 2. The van der Waals surface area contributed by atoms with Crippen molar-refractivity contribution in [1.82, 2.24) is 9.97 Å². The molecule has 0 aliphatic heterocycles. The van der Waals surface area contributed by atoms with Gasteiger partial charge in [-0.15, -0.1) is 0 Å². The Morgan fingerprint density at radius 1 is 0.933 bits per heavy atom. The van der Waals surface area contributed by atoms with Gasteiger partial charge < -0.3 is 16.8 Å². The van der Waals surface area contributed by atoms with Crippen LogP contribution in [0.5, 0.6) is 0 Å². The third kappa shape index (κ3) is 2.34. The van der Waals surface area contributed by atoms with E-state index in [0.717, 1.165) is 0 Å². The van der Waals surface area contributed by atoms with E-state index in [-0.39, 0.29) is 0 Å². The molecule has 0 saturated carbocycles. The van der Waals surface area contributed by atoms with Gasteiger partial charge in [-0.3, -0.25) is 0 Å². The number of aromatic nitrogens is 2. The van der Waals surface area contributed by atoms with Crippen molar-refractivity contribution in [2.45, 2.75) is 0 Å². The Labute approximate surface area is 87.2 Å². The number of rotatable bonds is 2. The average molecular weight is 201 g/mol. The first kappa shape index (κ1) is 9.26. The molecule has 2 aromatic heterocycles. The van der Waals surface area contributed by atoms with Crippen LogP contribution in [0.1, 0.15) is 0 Å². The third-order valence-electron chi connectivity index (χ3n) is 1.83. The van der Waals surface area contributed by atoms with E-state index in [1.54, 1.807) is 36.7 Å². The van der Waals surface area contributed by atoms with Gasteiger partial charge >= 0.3 is 0 Å². The minimum atomic E-state index is 0.626. The van der Waals surface area contributed by atoms with Crippen molar-refractivity contribution >= 4 is 23.0 Å². The van der Waals surface area contributed by atoms with Crippen molar-refractivity contribution in [1.29, 1.82) is 0 Å². The molecular weight excluding hydrogens is 190 g/mol. The van der Waals surface area contributed by atoms with Gasteiger partial charge in [0.2, 0.25) is 0 Å². The molecule has 5 nitrogen and oxygen atoms in total. The van der Waals surface area contributed by atoms with Gasteiger partial charge in [-0.05, 0) is 18.2 Å². The second-order valence-corrected chi connectivity index (χ2v) is 3.08. The lowest BCUT2D eigenvalue weighted by Crippen LogP contribution is -1.97. The number of nitrogen functional groups attached to an aromatic ring is 2. The number of hydrogen-bond acceptors (Lipinski definition) is 5. The highest BCUT2D eigenvalue weighted by molar-refractivity contribution is 5.57. The number of pyridine rings is 2. The van der Waals surface area contributed by atoms with Crippen LogP contribution in [0.3, 0.4) is 0 Å². The van der Waals surface area contributed by atoms with Crippen molar-refractivity contribution in [3.05, 3.63) is 36.7 Å². The predicted molar refractivity (Wildman–Crippen MR) is 60.6 cm³/mol. The molecule has 0 aliphatic carbocycles. The van der Waals surface area contributed by atoms with Gasteiger partial charge in [0.1, 0.15) is 11.6 Å². The smallest absolute Gasteiger partial charge is 0.133 e. The second-order valence-electron chi connectivity index (χ2n) is 3.08. The average Bonchev–Trinajstić information content (AvgIpc) is 2.22. The van der Waals surface area contributed by atoms with Crippen LogP contribution in [0.15, 0.2) is 36.7 Å². The Hall–Kier alpha value is -2.30. The maximum absolute atomic E-state index is 5.62. The molecule has 0 atom stereocenters. The lowest BCUT2D eigenvalue weighted by Gasteiger charge is -2.04. The first-order chi connectivity index (χ1) is 7.24. The minimum Gasteiger partial charge on any atom is -0.399 e. The summed E-state index contributed by atoms with van der Waals surface area (Å²) in [5.74, 6) is 1.34. The number of anilines is 4. The molecule has 2 aromatic rings. The van der Waals surface area contributed by atoms with Crippen molar-refractivity contribution in [3.63, 3.8) is 0 Å². The van der Waals surface area contributed by atoms with Crippen LogP contribution in [0, 0.1) is 0 Å². The van der Waals surface area contributed by atoms with E-state index in [9.17, 15) is 0 Å². The summed E-state index contributed by atoms with van der Waals surface area (Å²) in [5, 5.41) is 3.01. The Morgan fingerprint density at radius 3 is 2.47 bits per heavy atom. The van der Waals surface area contributed by atoms with E-state index in [1.807, 2.05) is 0 Å². The van der Waals surface area contributed by atoms with Crippen LogP contribution in [0.2, 0.25) is 0 Å². The van der Waals surface area contributed by atoms with Crippen molar-refractivity contribution < 1.29 is 0 Å². The summed E-state index contributed by atoms with van der Waals surface area (Å²) in [5.41, 5.74) is 12.4. The summed E-state index contributed by atoms with van der Waals surface area (Å²) in [6.07, 6.45) is 3.21. The van der Waals surface area contributed by atoms with E-state index in [1.165, 1.54) is 0 Å². The number of hydrogen-bond donors (Lipinski definition) is 3. The molecular formula is C10H11N5. The standard InChI is InChI=1S/C10H11N5/c11-7-3-4-13-10(5-7)15-9-2-1-8(12)6-14-9/h1-6H,12H2,(H3,11,13,14,15). The molecule has 0 unspecified atom stereocenters. The first-order valence-electron chi connectivity index (χ1n) is 4.44. The molecule has 15 heavy (non-hydrogen) atoms. The molecule has 0 amide bonds. The van der Waals surface area contributed by atoms with Crippen LogP contribution >= 0.6 is 0 Å². The Balaban J connectivity index is 2.18. The van der Waals surface area contributed by atoms with E-state index in [4.69, 9.17) is 11.5 Å². The molecule has 5 N–H and O–H groups in total. The first-order valence-corrected chi connectivity index (χ1v) is 4.44. The molecule has 0 bridgehead atoms. The second kappa shape index (κ2) is 3.83. The fraction of sp³-hybridized carbons (Fsp3) is 0. The SMILES string of the molecule is Nc1ccc(Nc2cc(N)ccn2)nc1. The minimum absolute atomic E-state index is 0.626. The summed E-state index contributed by atoms with van der Waals surface area (Å²) >= 11 is 0. The van der Waals surface area contributed by atoms with Crippen molar-refractivity contribution in [2.75, 3.05) is 16.8 Å². The molecule has 0 aliphatic rings. The van der Waals surface area contributed by atoms with Crippen LogP contribution < -0.4 is 16.8 Å². The maximum atomic E-state index is 5.62. The monoisotopic (exact) mass is 201 g/mol. The highest BCUT2D eigenvalue weighted by atomic mass is 15.0. The van der Waals surface area contributed by atoms with Crippen LogP contribution in [0.4, 0.5) is 23.0 Å². The number of nitrogens with one attached hydrogen (secondary N) is 1. The number of nitrogens with two attached hydrogens (primary N) is 2. The molecule has 0 spiro atoms. The quantitative estimate of drug-likeness (QED) is 0.683. The van der Waals surface area contributed by atoms with Crippen molar-refractivity contribution in [3.8, 4) is 0 Å². The highest BCUT2D eigenvalue weighted by Gasteiger charge is 1.96. The highest BCUT2D eigenvalue weighted by Crippen LogP contribution is 2.14. The van der Waals surface area contributed by atoms with Gasteiger partial charge in [-0.1, -0.05) is 0 Å². The molecule has 0 aromatic carbocycles. The maximum Gasteiger partial charge on any atom is 0.133 e. The Morgan fingerprint density at radius 2 is 1.80 bits per heavy atom. The predicted octanol–water partition coefficient (Wildman–Crippen LogP) is 1.38. The lowest BCUT2D eigenvalue weighted by molar-refractivity contribution is 1.25. The van der Waals surface area contributed by atoms with Gasteiger partial charge in [-0.25, -0.2) is 9.97 Å². The fourth-order valence-electron chi connectivity index (χ4n) is 1.13. The summed E-state index contributed by atoms with van der Waals surface area (Å²) in [6, 6.07) is 7.00. The van der Waals surface area contributed by atoms with E-state index < -0.39 is 0 Å². The van der Waals surface area contributed by atoms with Gasteiger partial charge in [0.25, 0.3) is 0 Å². The topological polar surface area (TPSA) is 89.8 Å². The molecule has 2 rings (SSSR count). The molecule has 2 heterocycles. The zero-order chi connectivity index (χ0) is 10.7. The van der Waals surface area contributed by atoms with Gasteiger partial charge in [0.05, 0.1) is 11.9 Å². The third-order valence-corrected chi connectivity index (χ3v) is 1.83. The molecule has 0 radical (unpaired) electrons. The fourth-order valence-corrected chi connectivity index (χ4v) is 1.13. The van der Waals surface area contributed by atoms with Crippen LogP contribution in [-0.2, 0) is 0 Å².